The second-order valence-electron chi connectivity index (χ2n) is 3.70. The highest BCUT2D eigenvalue weighted by atomic mass is 16.3. The summed E-state index contributed by atoms with van der Waals surface area (Å²) in [6.07, 6.45) is 1.84. The Morgan fingerprint density at radius 3 is 2.86 bits per heavy atom. The van der Waals surface area contributed by atoms with Gasteiger partial charge in [-0.15, -0.1) is 0 Å². The number of hydrogen-bond acceptors (Lipinski definition) is 2. The van der Waals surface area contributed by atoms with Crippen molar-refractivity contribution in [3.05, 3.63) is 35.6 Å². The normalized spacial score (nSPS) is 13.4. The van der Waals surface area contributed by atoms with Gasteiger partial charge in [-0.3, -0.25) is 0 Å². The smallest absolute Gasteiger partial charge is 0.134 e. The largest absolute Gasteiger partial charge is 0.464 e. The number of aryl methyl sites for hydroxylation is 1. The van der Waals surface area contributed by atoms with Crippen molar-refractivity contribution in [3.63, 3.8) is 0 Å². The number of nitrogens with one attached hydrogen (secondary N) is 1. The molecule has 0 bridgehead atoms. The van der Waals surface area contributed by atoms with Crippen LogP contribution in [0.15, 0.2) is 28.9 Å². The molecular weight excluding hydrogens is 174 g/mol. The minimum absolute atomic E-state index is 0.332. The van der Waals surface area contributed by atoms with Crippen molar-refractivity contribution in [2.75, 3.05) is 7.05 Å². The Balaban J connectivity index is 2.58. The summed E-state index contributed by atoms with van der Waals surface area (Å²) in [5.74, 6) is 0. The van der Waals surface area contributed by atoms with Crippen LogP contribution >= 0.6 is 0 Å². The van der Waals surface area contributed by atoms with Gasteiger partial charge in [-0.2, -0.15) is 0 Å². The van der Waals surface area contributed by atoms with E-state index in [1.807, 2.05) is 13.3 Å². The molecule has 1 aromatic carbocycles. The Morgan fingerprint density at radius 1 is 1.36 bits per heavy atom. The summed E-state index contributed by atoms with van der Waals surface area (Å²) in [5.41, 5.74) is 3.43. The first-order valence-electron chi connectivity index (χ1n) is 4.87. The van der Waals surface area contributed by atoms with Gasteiger partial charge in [-0.05, 0) is 32.5 Å². The molecule has 1 atom stereocenters. The molecule has 2 rings (SSSR count). The van der Waals surface area contributed by atoms with E-state index in [1.54, 1.807) is 0 Å². The van der Waals surface area contributed by atoms with Gasteiger partial charge >= 0.3 is 0 Å². The van der Waals surface area contributed by atoms with Crippen LogP contribution < -0.4 is 5.32 Å². The molecule has 74 valence electrons. The van der Waals surface area contributed by atoms with E-state index in [2.05, 4.69) is 37.4 Å². The van der Waals surface area contributed by atoms with Crippen LogP contribution in [0.4, 0.5) is 0 Å². The SMILES string of the molecule is CNC(C)c1coc2cc(C)ccc12. The van der Waals surface area contributed by atoms with Crippen molar-refractivity contribution < 1.29 is 4.42 Å². The fourth-order valence-corrected chi connectivity index (χ4v) is 1.65. The first kappa shape index (κ1) is 9.28. The topological polar surface area (TPSA) is 25.2 Å². The van der Waals surface area contributed by atoms with Crippen LogP contribution in [0.1, 0.15) is 24.1 Å². The van der Waals surface area contributed by atoms with Crippen molar-refractivity contribution in [2.24, 2.45) is 0 Å². The average molecular weight is 189 g/mol. The Bertz CT molecular complexity index is 445. The lowest BCUT2D eigenvalue weighted by Crippen LogP contribution is -2.11. The number of fused-ring (bicyclic) bond motifs is 1. The van der Waals surface area contributed by atoms with Crippen molar-refractivity contribution in [1.82, 2.24) is 5.32 Å². The van der Waals surface area contributed by atoms with Crippen LogP contribution in [0.25, 0.3) is 11.0 Å². The summed E-state index contributed by atoms with van der Waals surface area (Å²) in [6, 6.07) is 6.64. The highest BCUT2D eigenvalue weighted by Gasteiger charge is 2.10. The molecule has 14 heavy (non-hydrogen) atoms. The summed E-state index contributed by atoms with van der Waals surface area (Å²) >= 11 is 0. The lowest BCUT2D eigenvalue weighted by atomic mass is 10.1. The van der Waals surface area contributed by atoms with Crippen LogP contribution in [0.2, 0.25) is 0 Å². The Kier molecular flexibility index (Phi) is 2.30. The van der Waals surface area contributed by atoms with Gasteiger partial charge in [-0.1, -0.05) is 12.1 Å². The van der Waals surface area contributed by atoms with Crippen molar-refractivity contribution in [1.29, 1.82) is 0 Å². The predicted molar refractivity (Wildman–Crippen MR) is 58.4 cm³/mol. The highest BCUT2D eigenvalue weighted by molar-refractivity contribution is 5.82. The second-order valence-corrected chi connectivity index (χ2v) is 3.70. The molecule has 0 amide bonds. The van der Waals surface area contributed by atoms with E-state index >= 15 is 0 Å². The third kappa shape index (κ3) is 1.42. The van der Waals surface area contributed by atoms with Gasteiger partial charge < -0.3 is 9.73 Å². The number of rotatable bonds is 2. The molecule has 2 nitrogen and oxygen atoms in total. The summed E-state index contributed by atoms with van der Waals surface area (Å²) in [4.78, 5) is 0. The molecule has 2 heteroatoms. The minimum atomic E-state index is 0.332. The standard InChI is InChI=1S/C12H15NO/c1-8-4-5-10-11(9(2)13-3)7-14-12(10)6-8/h4-7,9,13H,1-3H3. The van der Waals surface area contributed by atoms with Gasteiger partial charge in [0, 0.05) is 17.0 Å². The van der Waals surface area contributed by atoms with Gasteiger partial charge in [0.2, 0.25) is 0 Å². The maximum atomic E-state index is 5.51. The van der Waals surface area contributed by atoms with Crippen LogP contribution in [0.3, 0.4) is 0 Å². The molecule has 0 radical (unpaired) electrons. The molecule has 1 N–H and O–H groups in total. The quantitative estimate of drug-likeness (QED) is 0.785. The fourth-order valence-electron chi connectivity index (χ4n) is 1.65. The molecule has 0 aliphatic rings. The number of benzene rings is 1. The third-order valence-electron chi connectivity index (χ3n) is 2.66. The zero-order chi connectivity index (χ0) is 10.1. The molecule has 0 saturated heterocycles. The molecule has 2 aromatic rings. The molecule has 0 aliphatic carbocycles. The average Bonchev–Trinajstić information content (AvgIpc) is 2.59. The molecule has 1 unspecified atom stereocenters. The fraction of sp³-hybridized carbons (Fsp3) is 0.333. The van der Waals surface area contributed by atoms with Crippen LogP contribution in [-0.4, -0.2) is 7.05 Å². The zero-order valence-electron chi connectivity index (χ0n) is 8.79. The number of furan rings is 1. The first-order chi connectivity index (χ1) is 6.72. The minimum Gasteiger partial charge on any atom is -0.464 e. The lowest BCUT2D eigenvalue weighted by molar-refractivity contribution is 0.588. The van der Waals surface area contributed by atoms with Crippen molar-refractivity contribution in [3.8, 4) is 0 Å². The van der Waals surface area contributed by atoms with Gasteiger partial charge in [0.1, 0.15) is 5.58 Å². The van der Waals surface area contributed by atoms with E-state index < -0.39 is 0 Å². The zero-order valence-corrected chi connectivity index (χ0v) is 8.79. The molecule has 0 saturated carbocycles. The summed E-state index contributed by atoms with van der Waals surface area (Å²) in [7, 11) is 1.96. The summed E-state index contributed by atoms with van der Waals surface area (Å²) in [5, 5.41) is 4.42. The van der Waals surface area contributed by atoms with Gasteiger partial charge in [0.25, 0.3) is 0 Å². The van der Waals surface area contributed by atoms with Crippen molar-refractivity contribution in [2.45, 2.75) is 19.9 Å². The molecular formula is C12H15NO. The summed E-state index contributed by atoms with van der Waals surface area (Å²) < 4.78 is 5.51. The second kappa shape index (κ2) is 3.46. The Morgan fingerprint density at radius 2 is 2.14 bits per heavy atom. The maximum absolute atomic E-state index is 5.51. The monoisotopic (exact) mass is 189 g/mol. The predicted octanol–water partition coefficient (Wildman–Crippen LogP) is 3.02. The van der Waals surface area contributed by atoms with Crippen LogP contribution in [0.5, 0.6) is 0 Å². The van der Waals surface area contributed by atoms with E-state index in [1.165, 1.54) is 16.5 Å². The molecule has 1 aromatic heterocycles. The molecule has 0 fully saturated rings. The summed E-state index contributed by atoms with van der Waals surface area (Å²) in [6.45, 7) is 4.20. The molecule has 1 heterocycles. The highest BCUT2D eigenvalue weighted by Crippen LogP contribution is 2.26. The van der Waals surface area contributed by atoms with Crippen molar-refractivity contribution >= 4 is 11.0 Å². The van der Waals surface area contributed by atoms with Gasteiger partial charge in [0.05, 0.1) is 6.26 Å². The van der Waals surface area contributed by atoms with Gasteiger partial charge in [-0.25, -0.2) is 0 Å². The molecule has 0 aliphatic heterocycles. The Hall–Kier alpha value is -1.28. The van der Waals surface area contributed by atoms with E-state index in [-0.39, 0.29) is 0 Å². The van der Waals surface area contributed by atoms with Gasteiger partial charge in [0.15, 0.2) is 0 Å². The molecule has 0 spiro atoms. The van der Waals surface area contributed by atoms with Crippen LogP contribution in [0, 0.1) is 6.92 Å². The van der Waals surface area contributed by atoms with E-state index in [0.717, 1.165) is 5.58 Å². The number of hydrogen-bond donors (Lipinski definition) is 1. The first-order valence-corrected chi connectivity index (χ1v) is 4.87. The van der Waals surface area contributed by atoms with E-state index in [9.17, 15) is 0 Å². The Labute approximate surface area is 83.9 Å². The van der Waals surface area contributed by atoms with Crippen LogP contribution in [-0.2, 0) is 0 Å². The lowest BCUT2D eigenvalue weighted by Gasteiger charge is -2.07. The third-order valence-corrected chi connectivity index (χ3v) is 2.66. The van der Waals surface area contributed by atoms with E-state index in [4.69, 9.17) is 4.42 Å². The van der Waals surface area contributed by atoms with E-state index in [0.29, 0.717) is 6.04 Å². The maximum Gasteiger partial charge on any atom is 0.134 e.